The predicted molar refractivity (Wildman–Crippen MR) is 57.3 cm³/mol. The van der Waals surface area contributed by atoms with Crippen LogP contribution in [0.3, 0.4) is 0 Å². The smallest absolute Gasteiger partial charge is 0.135 e. The van der Waals surface area contributed by atoms with Crippen LogP contribution in [0.15, 0.2) is 40.8 Å². The minimum Gasteiger partial charge on any atom is -0.456 e. The summed E-state index contributed by atoms with van der Waals surface area (Å²) < 4.78 is 5.71. The molecule has 3 rings (SSSR count). The van der Waals surface area contributed by atoms with E-state index in [1.54, 1.807) is 0 Å². The van der Waals surface area contributed by atoms with Crippen molar-refractivity contribution in [1.82, 2.24) is 0 Å². The van der Waals surface area contributed by atoms with Crippen molar-refractivity contribution in [3.05, 3.63) is 48.0 Å². The Morgan fingerprint density at radius 3 is 2.86 bits per heavy atom. The molecule has 1 radical (unpaired) electrons. The van der Waals surface area contributed by atoms with Gasteiger partial charge < -0.3 is 4.42 Å². The third-order valence-electron chi connectivity index (χ3n) is 2.53. The fourth-order valence-corrected chi connectivity index (χ4v) is 1.88. The molecule has 0 unspecified atom stereocenters. The van der Waals surface area contributed by atoms with E-state index in [0.717, 1.165) is 16.7 Å². The van der Waals surface area contributed by atoms with Crippen LogP contribution in [0.5, 0.6) is 0 Å². The molecule has 0 spiro atoms. The monoisotopic (exact) mass is 181 g/mol. The molecule has 1 aromatic heterocycles. The number of para-hydroxylation sites is 1. The average Bonchev–Trinajstić information content (AvgIpc) is 2.57. The average molecular weight is 181 g/mol. The highest BCUT2D eigenvalue weighted by atomic mass is 16.3. The van der Waals surface area contributed by atoms with Crippen molar-refractivity contribution in [1.29, 1.82) is 0 Å². The van der Waals surface area contributed by atoms with Crippen molar-refractivity contribution in [2.75, 3.05) is 0 Å². The molecule has 0 saturated carbocycles. The number of aryl methyl sites for hydroxylation is 1. The van der Waals surface area contributed by atoms with Crippen LogP contribution in [0.4, 0.5) is 0 Å². The lowest BCUT2D eigenvalue weighted by Crippen LogP contribution is -1.72. The Morgan fingerprint density at radius 1 is 1.07 bits per heavy atom. The normalized spacial score (nSPS) is 11.2. The molecule has 0 saturated heterocycles. The van der Waals surface area contributed by atoms with Crippen LogP contribution in [-0.2, 0) is 0 Å². The van der Waals surface area contributed by atoms with E-state index in [1.807, 2.05) is 30.3 Å². The van der Waals surface area contributed by atoms with E-state index < -0.39 is 0 Å². The largest absolute Gasteiger partial charge is 0.456 e. The summed E-state index contributed by atoms with van der Waals surface area (Å²) in [7, 11) is 0. The summed E-state index contributed by atoms with van der Waals surface area (Å²) in [6.07, 6.45) is 0. The van der Waals surface area contributed by atoms with E-state index in [-0.39, 0.29) is 0 Å². The third-order valence-corrected chi connectivity index (χ3v) is 2.53. The zero-order chi connectivity index (χ0) is 9.54. The highest BCUT2D eigenvalue weighted by molar-refractivity contribution is 6.06. The number of hydrogen-bond acceptors (Lipinski definition) is 1. The maximum absolute atomic E-state index is 5.71. The summed E-state index contributed by atoms with van der Waals surface area (Å²) >= 11 is 0. The summed E-state index contributed by atoms with van der Waals surface area (Å²) in [5.74, 6) is 0. The lowest BCUT2D eigenvalue weighted by atomic mass is 10.1. The first-order chi connectivity index (χ1) is 6.86. The van der Waals surface area contributed by atoms with Crippen LogP contribution in [-0.4, -0.2) is 0 Å². The fourth-order valence-electron chi connectivity index (χ4n) is 1.88. The Balaban J connectivity index is 2.65. The van der Waals surface area contributed by atoms with Gasteiger partial charge in [-0.3, -0.25) is 0 Å². The molecule has 0 aliphatic rings. The van der Waals surface area contributed by atoms with Gasteiger partial charge >= 0.3 is 0 Å². The second-order valence-corrected chi connectivity index (χ2v) is 3.44. The molecule has 1 heteroatoms. The number of fused-ring (bicyclic) bond motifs is 3. The van der Waals surface area contributed by atoms with E-state index >= 15 is 0 Å². The summed E-state index contributed by atoms with van der Waals surface area (Å²) in [4.78, 5) is 0. The Bertz CT molecular complexity index is 605. The van der Waals surface area contributed by atoms with Gasteiger partial charge in [0.2, 0.25) is 0 Å². The first-order valence-corrected chi connectivity index (χ1v) is 4.65. The van der Waals surface area contributed by atoms with Crippen LogP contribution < -0.4 is 0 Å². The van der Waals surface area contributed by atoms with Gasteiger partial charge in [-0.1, -0.05) is 24.3 Å². The molecule has 0 bridgehead atoms. The zero-order valence-corrected chi connectivity index (χ0v) is 7.87. The molecule has 1 nitrogen and oxygen atoms in total. The van der Waals surface area contributed by atoms with Gasteiger partial charge in [0.25, 0.3) is 0 Å². The van der Waals surface area contributed by atoms with E-state index in [4.69, 9.17) is 4.42 Å². The lowest BCUT2D eigenvalue weighted by molar-refractivity contribution is 0.669. The van der Waals surface area contributed by atoms with Gasteiger partial charge in [-0.05, 0) is 30.7 Å². The molecule has 2 aromatic carbocycles. The predicted octanol–water partition coefficient (Wildman–Crippen LogP) is 3.69. The summed E-state index contributed by atoms with van der Waals surface area (Å²) in [5.41, 5.74) is 3.04. The molecule has 0 aliphatic heterocycles. The molecular formula is C13H9O. The minimum atomic E-state index is 0.947. The number of benzene rings is 2. The molecule has 0 fully saturated rings. The topological polar surface area (TPSA) is 13.1 Å². The van der Waals surface area contributed by atoms with E-state index in [0.29, 0.717) is 0 Å². The van der Waals surface area contributed by atoms with Crippen molar-refractivity contribution in [2.24, 2.45) is 0 Å². The standard InChI is InChI=1S/C13H9O/c1-9-5-4-8-12-13(9)10-6-2-3-7-11(10)14-12/h2-4,6-8H,1H3. The molecule has 0 N–H and O–H groups in total. The van der Waals surface area contributed by atoms with Gasteiger partial charge in [0, 0.05) is 10.8 Å². The van der Waals surface area contributed by atoms with Crippen LogP contribution in [0.25, 0.3) is 21.9 Å². The summed E-state index contributed by atoms with van der Waals surface area (Å²) in [6.45, 7) is 2.06. The van der Waals surface area contributed by atoms with Gasteiger partial charge in [-0.15, -0.1) is 0 Å². The summed E-state index contributed by atoms with van der Waals surface area (Å²) in [5, 5.41) is 2.36. The molecule has 67 valence electrons. The summed E-state index contributed by atoms with van der Waals surface area (Å²) in [6, 6.07) is 15.2. The molecule has 0 aliphatic carbocycles. The first kappa shape index (κ1) is 7.63. The van der Waals surface area contributed by atoms with E-state index in [1.165, 1.54) is 10.8 Å². The van der Waals surface area contributed by atoms with Gasteiger partial charge in [-0.2, -0.15) is 0 Å². The van der Waals surface area contributed by atoms with E-state index in [2.05, 4.69) is 19.1 Å². The van der Waals surface area contributed by atoms with Crippen LogP contribution in [0, 0.1) is 13.0 Å². The van der Waals surface area contributed by atoms with E-state index in [9.17, 15) is 0 Å². The van der Waals surface area contributed by atoms with Crippen molar-refractivity contribution < 1.29 is 4.42 Å². The second kappa shape index (κ2) is 2.61. The number of rotatable bonds is 0. The van der Waals surface area contributed by atoms with Crippen LogP contribution >= 0.6 is 0 Å². The molecule has 3 aromatic rings. The Kier molecular flexibility index (Phi) is 1.42. The Labute approximate surface area is 82.0 Å². The van der Waals surface area contributed by atoms with Crippen LogP contribution in [0.2, 0.25) is 0 Å². The van der Waals surface area contributed by atoms with Gasteiger partial charge in [-0.25, -0.2) is 0 Å². The first-order valence-electron chi connectivity index (χ1n) is 4.65. The maximum atomic E-state index is 5.71. The number of furan rings is 1. The molecule has 0 amide bonds. The lowest BCUT2D eigenvalue weighted by Gasteiger charge is -1.92. The number of hydrogen-bond donors (Lipinski definition) is 0. The fraction of sp³-hybridized carbons (Fsp3) is 0.0769. The second-order valence-electron chi connectivity index (χ2n) is 3.44. The molecule has 0 atom stereocenters. The Hall–Kier alpha value is -1.76. The maximum Gasteiger partial charge on any atom is 0.135 e. The molecule has 1 heterocycles. The zero-order valence-electron chi connectivity index (χ0n) is 7.87. The highest BCUT2D eigenvalue weighted by Crippen LogP contribution is 2.30. The van der Waals surface area contributed by atoms with Crippen molar-refractivity contribution >= 4 is 21.9 Å². The molecular weight excluding hydrogens is 172 g/mol. The highest BCUT2D eigenvalue weighted by Gasteiger charge is 2.06. The van der Waals surface area contributed by atoms with Gasteiger partial charge in [0.1, 0.15) is 11.2 Å². The SMILES string of the molecule is Cc1[c]ccc2oc3ccccc3c12. The van der Waals surface area contributed by atoms with Crippen molar-refractivity contribution in [3.8, 4) is 0 Å². The van der Waals surface area contributed by atoms with Crippen LogP contribution in [0.1, 0.15) is 5.56 Å². The minimum absolute atomic E-state index is 0.947. The van der Waals surface area contributed by atoms with Crippen molar-refractivity contribution in [2.45, 2.75) is 6.92 Å². The quantitative estimate of drug-likeness (QED) is 0.515. The van der Waals surface area contributed by atoms with Gasteiger partial charge in [0.15, 0.2) is 0 Å². The van der Waals surface area contributed by atoms with Crippen molar-refractivity contribution in [3.63, 3.8) is 0 Å². The molecule has 14 heavy (non-hydrogen) atoms. The van der Waals surface area contributed by atoms with Gasteiger partial charge in [0.05, 0.1) is 0 Å². The Morgan fingerprint density at radius 2 is 1.93 bits per heavy atom. The third kappa shape index (κ3) is 0.896.